The van der Waals surface area contributed by atoms with Crippen LogP contribution in [0.2, 0.25) is 0 Å². The third kappa shape index (κ3) is 3.86. The largest absolute Gasteiger partial charge is 0.337 e. The molecule has 1 aromatic rings. The predicted octanol–water partition coefficient (Wildman–Crippen LogP) is 2.20. The first-order valence-electron chi connectivity index (χ1n) is 8.40. The number of aromatic nitrogens is 3. The Morgan fingerprint density at radius 3 is 2.65 bits per heavy atom. The number of halogens is 1. The summed E-state index contributed by atoms with van der Waals surface area (Å²) in [6.07, 6.45) is 4.35. The van der Waals surface area contributed by atoms with Crippen LogP contribution in [0, 0.1) is 12.3 Å². The summed E-state index contributed by atoms with van der Waals surface area (Å²) >= 11 is 0. The molecule has 2 aliphatic rings. The minimum atomic E-state index is 0. The molecule has 0 atom stereocenters. The predicted molar refractivity (Wildman–Crippen MR) is 92.1 cm³/mol. The fourth-order valence-electron chi connectivity index (χ4n) is 3.68. The highest BCUT2D eigenvalue weighted by Crippen LogP contribution is 2.29. The van der Waals surface area contributed by atoms with E-state index < -0.39 is 0 Å². The first-order valence-corrected chi connectivity index (χ1v) is 8.40. The molecule has 0 bridgehead atoms. The lowest BCUT2D eigenvalue weighted by Crippen LogP contribution is -2.44. The summed E-state index contributed by atoms with van der Waals surface area (Å²) in [7, 11) is 0. The van der Waals surface area contributed by atoms with E-state index in [2.05, 4.69) is 29.5 Å². The number of carbonyl (C=O) groups excluding carboxylic acids is 1. The van der Waals surface area contributed by atoms with Gasteiger partial charge in [-0.05, 0) is 51.1 Å². The molecular weight excluding hydrogens is 314 g/mol. The van der Waals surface area contributed by atoms with E-state index in [1.165, 1.54) is 6.42 Å². The zero-order valence-corrected chi connectivity index (χ0v) is 15.2. The summed E-state index contributed by atoms with van der Waals surface area (Å²) in [5, 5.41) is 11.9. The molecule has 6 nitrogen and oxygen atoms in total. The van der Waals surface area contributed by atoms with Gasteiger partial charge in [-0.3, -0.25) is 4.79 Å². The van der Waals surface area contributed by atoms with Gasteiger partial charge in [0.2, 0.25) is 0 Å². The summed E-state index contributed by atoms with van der Waals surface area (Å²) in [6, 6.07) is 0.369. The molecule has 3 rings (SSSR count). The van der Waals surface area contributed by atoms with Crippen molar-refractivity contribution >= 4 is 18.3 Å². The molecule has 2 aliphatic heterocycles. The molecule has 0 saturated carbocycles. The quantitative estimate of drug-likeness (QED) is 0.895. The Hall–Kier alpha value is -1.14. The molecular formula is C16H28ClN5O. The van der Waals surface area contributed by atoms with Gasteiger partial charge in [-0.1, -0.05) is 19.1 Å². The molecule has 2 fully saturated rings. The molecule has 3 heterocycles. The maximum Gasteiger partial charge on any atom is 0.276 e. The molecule has 0 unspecified atom stereocenters. The normalized spacial score (nSPS) is 21.8. The van der Waals surface area contributed by atoms with Crippen LogP contribution in [0.25, 0.3) is 0 Å². The van der Waals surface area contributed by atoms with Crippen molar-refractivity contribution in [3.05, 3.63) is 11.4 Å². The van der Waals surface area contributed by atoms with E-state index in [1.54, 1.807) is 0 Å². The monoisotopic (exact) mass is 341 g/mol. The summed E-state index contributed by atoms with van der Waals surface area (Å²) in [4.78, 5) is 14.8. The van der Waals surface area contributed by atoms with Gasteiger partial charge < -0.3 is 10.2 Å². The Kier molecular flexibility index (Phi) is 5.68. The highest BCUT2D eigenvalue weighted by molar-refractivity contribution is 5.93. The van der Waals surface area contributed by atoms with E-state index in [-0.39, 0.29) is 23.7 Å². The third-order valence-corrected chi connectivity index (χ3v) is 4.97. The van der Waals surface area contributed by atoms with Crippen LogP contribution in [-0.2, 0) is 0 Å². The summed E-state index contributed by atoms with van der Waals surface area (Å²) in [6.45, 7) is 10.1. The second kappa shape index (κ2) is 7.18. The fourth-order valence-corrected chi connectivity index (χ4v) is 3.68. The molecule has 7 heteroatoms. The molecule has 0 radical (unpaired) electrons. The van der Waals surface area contributed by atoms with Crippen molar-refractivity contribution in [3.63, 3.8) is 0 Å². The maximum absolute atomic E-state index is 12.8. The minimum Gasteiger partial charge on any atom is -0.337 e. The van der Waals surface area contributed by atoms with Gasteiger partial charge in [0.1, 0.15) is 0 Å². The number of nitrogens with one attached hydrogen (secondary N) is 1. The summed E-state index contributed by atoms with van der Waals surface area (Å²) in [5.74, 6) is 0.0467. The van der Waals surface area contributed by atoms with Gasteiger partial charge in [-0.2, -0.15) is 0 Å². The van der Waals surface area contributed by atoms with E-state index in [4.69, 9.17) is 0 Å². The number of piperidine rings is 2. The molecule has 0 aromatic carbocycles. The number of hydrogen-bond donors (Lipinski definition) is 1. The van der Waals surface area contributed by atoms with Crippen molar-refractivity contribution in [2.45, 2.75) is 52.5 Å². The van der Waals surface area contributed by atoms with Crippen LogP contribution in [0.1, 0.15) is 61.8 Å². The average molecular weight is 342 g/mol. The van der Waals surface area contributed by atoms with Gasteiger partial charge in [0.05, 0.1) is 11.7 Å². The molecule has 1 N–H and O–H groups in total. The Balaban J connectivity index is 0.00000192. The molecule has 0 aliphatic carbocycles. The fraction of sp³-hybridized carbons (Fsp3) is 0.812. The lowest BCUT2D eigenvalue weighted by molar-refractivity contribution is 0.0576. The van der Waals surface area contributed by atoms with Crippen molar-refractivity contribution in [2.75, 3.05) is 26.2 Å². The Morgan fingerprint density at radius 1 is 1.30 bits per heavy atom. The first-order chi connectivity index (χ1) is 10.5. The van der Waals surface area contributed by atoms with Crippen LogP contribution in [0.4, 0.5) is 0 Å². The van der Waals surface area contributed by atoms with E-state index in [0.29, 0.717) is 11.7 Å². The van der Waals surface area contributed by atoms with Gasteiger partial charge in [-0.15, -0.1) is 17.5 Å². The third-order valence-electron chi connectivity index (χ3n) is 4.97. The molecule has 2 saturated heterocycles. The first kappa shape index (κ1) is 18.2. The number of rotatable bonds is 2. The second-order valence-electron chi connectivity index (χ2n) is 7.44. The Bertz CT molecular complexity index is 551. The van der Waals surface area contributed by atoms with Crippen LogP contribution in [0.3, 0.4) is 0 Å². The van der Waals surface area contributed by atoms with Crippen LogP contribution in [-0.4, -0.2) is 52.0 Å². The number of carbonyl (C=O) groups is 1. The topological polar surface area (TPSA) is 63.1 Å². The average Bonchev–Trinajstić information content (AvgIpc) is 2.88. The van der Waals surface area contributed by atoms with Crippen molar-refractivity contribution in [1.82, 2.24) is 25.2 Å². The standard InChI is InChI=1S/C16H27N5O.ClH/c1-12-14(15(22)20-10-4-7-16(2,3)11-20)18-19-21(12)13-5-8-17-9-6-13;/h13,17H,4-11H2,1-3H3;1H. The lowest BCUT2D eigenvalue weighted by atomic mass is 9.84. The molecule has 0 spiro atoms. The zero-order valence-electron chi connectivity index (χ0n) is 14.3. The number of amides is 1. The molecule has 1 aromatic heterocycles. The van der Waals surface area contributed by atoms with Crippen LogP contribution in [0.5, 0.6) is 0 Å². The minimum absolute atomic E-state index is 0. The van der Waals surface area contributed by atoms with Crippen LogP contribution in [0.15, 0.2) is 0 Å². The van der Waals surface area contributed by atoms with Crippen molar-refractivity contribution in [3.8, 4) is 0 Å². The summed E-state index contributed by atoms with van der Waals surface area (Å²) < 4.78 is 1.96. The number of hydrogen-bond acceptors (Lipinski definition) is 4. The van der Waals surface area contributed by atoms with Gasteiger partial charge >= 0.3 is 0 Å². The van der Waals surface area contributed by atoms with Crippen LogP contribution >= 0.6 is 12.4 Å². The van der Waals surface area contributed by atoms with E-state index >= 15 is 0 Å². The molecule has 130 valence electrons. The lowest BCUT2D eigenvalue weighted by Gasteiger charge is -2.37. The molecule has 1 amide bonds. The highest BCUT2D eigenvalue weighted by atomic mass is 35.5. The maximum atomic E-state index is 12.8. The molecule has 23 heavy (non-hydrogen) atoms. The van der Waals surface area contributed by atoms with Crippen molar-refractivity contribution in [2.24, 2.45) is 5.41 Å². The van der Waals surface area contributed by atoms with Crippen LogP contribution < -0.4 is 5.32 Å². The van der Waals surface area contributed by atoms with E-state index in [1.807, 2.05) is 16.5 Å². The van der Waals surface area contributed by atoms with E-state index in [9.17, 15) is 4.79 Å². The second-order valence-corrected chi connectivity index (χ2v) is 7.44. The van der Waals surface area contributed by atoms with Crippen molar-refractivity contribution in [1.29, 1.82) is 0 Å². The van der Waals surface area contributed by atoms with Gasteiger partial charge in [0, 0.05) is 13.1 Å². The van der Waals surface area contributed by atoms with Gasteiger partial charge in [0.15, 0.2) is 5.69 Å². The smallest absolute Gasteiger partial charge is 0.276 e. The van der Waals surface area contributed by atoms with Gasteiger partial charge in [0.25, 0.3) is 5.91 Å². The van der Waals surface area contributed by atoms with Gasteiger partial charge in [-0.25, -0.2) is 4.68 Å². The highest BCUT2D eigenvalue weighted by Gasteiger charge is 2.32. The summed E-state index contributed by atoms with van der Waals surface area (Å²) in [5.41, 5.74) is 1.66. The zero-order chi connectivity index (χ0) is 15.7. The Morgan fingerprint density at radius 2 is 2.00 bits per heavy atom. The van der Waals surface area contributed by atoms with Crippen molar-refractivity contribution < 1.29 is 4.79 Å². The van der Waals surface area contributed by atoms with E-state index in [0.717, 1.165) is 51.1 Å². The number of likely N-dealkylation sites (tertiary alicyclic amines) is 1. The SMILES string of the molecule is Cc1c(C(=O)N2CCCC(C)(C)C2)nnn1C1CCNCC1.Cl. The Labute approximate surface area is 144 Å². The number of nitrogens with zero attached hydrogens (tertiary/aromatic N) is 4.